The molecule has 0 rings (SSSR count). The molecule has 0 saturated heterocycles. The van der Waals surface area contributed by atoms with Crippen LogP contribution in [0.5, 0.6) is 0 Å². The number of hydrogen-bond acceptors (Lipinski definition) is 2. The predicted molar refractivity (Wildman–Crippen MR) is 77.5 cm³/mol. The van der Waals surface area contributed by atoms with E-state index < -0.39 is 0 Å². The van der Waals surface area contributed by atoms with E-state index in [9.17, 15) is 4.79 Å². The molecule has 0 bridgehead atoms. The Labute approximate surface area is 111 Å². The maximum absolute atomic E-state index is 11.6. The monoisotopic (exact) mass is 250 g/mol. The largest absolute Gasteiger partial charge is 0.392 e. The van der Waals surface area contributed by atoms with Crippen LogP contribution >= 0.6 is 0 Å². The SMILES string of the molecule is CC=C(C)C(=O)CCC(C)=CCCC(C)=CCO. The quantitative estimate of drug-likeness (QED) is 0.523. The van der Waals surface area contributed by atoms with E-state index in [-0.39, 0.29) is 12.4 Å². The molecule has 1 N–H and O–H groups in total. The van der Waals surface area contributed by atoms with E-state index in [0.29, 0.717) is 6.42 Å². The first-order chi connectivity index (χ1) is 8.51. The zero-order chi connectivity index (χ0) is 14.0. The standard InChI is InChI=1S/C16H26O2/c1-5-15(4)16(18)10-9-13(2)7-6-8-14(3)11-12-17/h5,7,11,17H,6,8-10,12H2,1-4H3. The van der Waals surface area contributed by atoms with Crippen molar-refractivity contribution >= 4 is 5.78 Å². The van der Waals surface area contributed by atoms with Crippen LogP contribution in [0.4, 0.5) is 0 Å². The van der Waals surface area contributed by atoms with Gasteiger partial charge < -0.3 is 5.11 Å². The van der Waals surface area contributed by atoms with Crippen LogP contribution in [0, 0.1) is 0 Å². The lowest BCUT2D eigenvalue weighted by atomic mass is 10.0. The van der Waals surface area contributed by atoms with Gasteiger partial charge >= 0.3 is 0 Å². The predicted octanol–water partition coefficient (Wildman–Crippen LogP) is 3.97. The minimum atomic E-state index is 0.117. The highest BCUT2D eigenvalue weighted by molar-refractivity contribution is 5.94. The first-order valence-corrected chi connectivity index (χ1v) is 6.59. The molecule has 0 aliphatic rings. The van der Waals surface area contributed by atoms with Crippen molar-refractivity contribution in [1.82, 2.24) is 0 Å². The van der Waals surface area contributed by atoms with Gasteiger partial charge in [-0.25, -0.2) is 0 Å². The van der Waals surface area contributed by atoms with Crippen molar-refractivity contribution in [2.75, 3.05) is 6.61 Å². The Morgan fingerprint density at radius 1 is 1.00 bits per heavy atom. The Morgan fingerprint density at radius 2 is 1.61 bits per heavy atom. The van der Waals surface area contributed by atoms with Crippen molar-refractivity contribution in [2.45, 2.75) is 53.4 Å². The van der Waals surface area contributed by atoms with Gasteiger partial charge in [0.1, 0.15) is 0 Å². The van der Waals surface area contributed by atoms with Gasteiger partial charge in [-0.15, -0.1) is 0 Å². The van der Waals surface area contributed by atoms with Crippen molar-refractivity contribution < 1.29 is 9.90 Å². The zero-order valence-corrected chi connectivity index (χ0v) is 12.1. The van der Waals surface area contributed by atoms with Gasteiger partial charge in [-0.2, -0.15) is 0 Å². The molecular weight excluding hydrogens is 224 g/mol. The summed E-state index contributed by atoms with van der Waals surface area (Å²) in [7, 11) is 0. The highest BCUT2D eigenvalue weighted by Gasteiger charge is 2.03. The molecule has 18 heavy (non-hydrogen) atoms. The number of aliphatic hydroxyl groups excluding tert-OH is 1. The second-order valence-electron chi connectivity index (χ2n) is 4.72. The smallest absolute Gasteiger partial charge is 0.158 e. The van der Waals surface area contributed by atoms with E-state index in [4.69, 9.17) is 5.11 Å². The molecule has 0 fully saturated rings. The second-order valence-corrected chi connectivity index (χ2v) is 4.72. The molecule has 0 aliphatic carbocycles. The summed E-state index contributed by atoms with van der Waals surface area (Å²) in [5, 5.41) is 8.73. The van der Waals surface area contributed by atoms with Crippen LogP contribution in [0.15, 0.2) is 34.9 Å². The highest BCUT2D eigenvalue weighted by Crippen LogP contribution is 2.12. The van der Waals surface area contributed by atoms with E-state index >= 15 is 0 Å². The molecular formula is C16H26O2. The van der Waals surface area contributed by atoms with Gasteiger partial charge in [0.25, 0.3) is 0 Å². The normalized spacial score (nSPS) is 13.9. The minimum Gasteiger partial charge on any atom is -0.392 e. The topological polar surface area (TPSA) is 37.3 Å². The molecule has 0 unspecified atom stereocenters. The third-order valence-corrected chi connectivity index (χ3v) is 3.09. The van der Waals surface area contributed by atoms with Crippen LogP contribution in [-0.4, -0.2) is 17.5 Å². The van der Waals surface area contributed by atoms with E-state index in [1.54, 1.807) is 0 Å². The molecule has 0 aromatic carbocycles. The van der Waals surface area contributed by atoms with E-state index in [2.05, 4.69) is 13.0 Å². The zero-order valence-electron chi connectivity index (χ0n) is 12.1. The fourth-order valence-corrected chi connectivity index (χ4v) is 1.58. The Hall–Kier alpha value is -1.15. The molecule has 0 spiro atoms. The fraction of sp³-hybridized carbons (Fsp3) is 0.562. The molecule has 0 aliphatic heterocycles. The maximum atomic E-state index is 11.6. The van der Waals surface area contributed by atoms with Crippen molar-refractivity contribution in [3.63, 3.8) is 0 Å². The molecule has 2 heteroatoms. The Kier molecular flexibility index (Phi) is 9.21. The molecule has 0 heterocycles. The highest BCUT2D eigenvalue weighted by atomic mass is 16.2. The van der Waals surface area contributed by atoms with Gasteiger partial charge in [0.2, 0.25) is 0 Å². The van der Waals surface area contributed by atoms with E-state index in [1.807, 2.05) is 32.9 Å². The number of rotatable bonds is 8. The van der Waals surface area contributed by atoms with Gasteiger partial charge in [-0.1, -0.05) is 29.4 Å². The average molecular weight is 250 g/mol. The first kappa shape index (κ1) is 16.9. The molecule has 2 nitrogen and oxygen atoms in total. The third kappa shape index (κ3) is 8.02. The summed E-state index contributed by atoms with van der Waals surface area (Å²) in [6.07, 6.45) is 9.28. The Morgan fingerprint density at radius 3 is 2.17 bits per heavy atom. The summed E-state index contributed by atoms with van der Waals surface area (Å²) >= 11 is 0. The molecule has 0 saturated carbocycles. The molecule has 0 atom stereocenters. The number of Topliss-reactive ketones (excluding diaryl/α,β-unsaturated/α-hetero) is 1. The van der Waals surface area contributed by atoms with Crippen LogP contribution in [0.25, 0.3) is 0 Å². The summed E-state index contributed by atoms with van der Waals surface area (Å²) in [5.74, 6) is 0.238. The summed E-state index contributed by atoms with van der Waals surface area (Å²) in [6.45, 7) is 7.98. The number of carbonyl (C=O) groups is 1. The maximum Gasteiger partial charge on any atom is 0.158 e. The lowest BCUT2D eigenvalue weighted by Crippen LogP contribution is -1.99. The number of ketones is 1. The molecule has 0 radical (unpaired) electrons. The van der Waals surface area contributed by atoms with Gasteiger partial charge in [-0.05, 0) is 52.5 Å². The first-order valence-electron chi connectivity index (χ1n) is 6.59. The fourth-order valence-electron chi connectivity index (χ4n) is 1.58. The van der Waals surface area contributed by atoms with Crippen LogP contribution in [0.1, 0.15) is 53.4 Å². The second kappa shape index (κ2) is 9.84. The van der Waals surface area contributed by atoms with E-state index in [1.165, 1.54) is 11.1 Å². The van der Waals surface area contributed by atoms with Crippen LogP contribution in [-0.2, 0) is 4.79 Å². The number of hydrogen-bond donors (Lipinski definition) is 1. The average Bonchev–Trinajstić information content (AvgIpc) is 2.35. The van der Waals surface area contributed by atoms with Gasteiger partial charge in [0, 0.05) is 6.42 Å². The summed E-state index contributed by atoms with van der Waals surface area (Å²) in [4.78, 5) is 11.6. The lowest BCUT2D eigenvalue weighted by molar-refractivity contribution is -0.115. The van der Waals surface area contributed by atoms with Crippen LogP contribution < -0.4 is 0 Å². The molecule has 102 valence electrons. The van der Waals surface area contributed by atoms with Crippen molar-refractivity contribution in [3.8, 4) is 0 Å². The molecule has 0 amide bonds. The Balaban J connectivity index is 3.99. The summed E-state index contributed by atoms with van der Waals surface area (Å²) in [5.41, 5.74) is 3.33. The lowest BCUT2D eigenvalue weighted by Gasteiger charge is -2.02. The molecule has 0 aromatic heterocycles. The summed E-state index contributed by atoms with van der Waals surface area (Å²) in [6, 6.07) is 0. The Bertz CT molecular complexity index is 346. The van der Waals surface area contributed by atoms with Crippen LogP contribution in [0.3, 0.4) is 0 Å². The van der Waals surface area contributed by atoms with Crippen molar-refractivity contribution in [1.29, 1.82) is 0 Å². The summed E-state index contributed by atoms with van der Waals surface area (Å²) < 4.78 is 0. The van der Waals surface area contributed by atoms with Gasteiger partial charge in [-0.3, -0.25) is 4.79 Å². The van der Waals surface area contributed by atoms with Crippen LogP contribution in [0.2, 0.25) is 0 Å². The minimum absolute atomic E-state index is 0.117. The number of allylic oxidation sites excluding steroid dienone is 5. The number of aliphatic hydroxyl groups is 1. The van der Waals surface area contributed by atoms with E-state index in [0.717, 1.165) is 24.8 Å². The van der Waals surface area contributed by atoms with Crippen molar-refractivity contribution in [3.05, 3.63) is 34.9 Å². The third-order valence-electron chi connectivity index (χ3n) is 3.09. The number of carbonyl (C=O) groups excluding carboxylic acids is 1. The van der Waals surface area contributed by atoms with Crippen molar-refractivity contribution in [2.24, 2.45) is 0 Å². The molecule has 0 aromatic rings. The van der Waals surface area contributed by atoms with Gasteiger partial charge in [0.15, 0.2) is 5.78 Å². The van der Waals surface area contributed by atoms with Gasteiger partial charge in [0.05, 0.1) is 6.61 Å².